The van der Waals surface area contributed by atoms with Gasteiger partial charge in [0.25, 0.3) is 0 Å². The number of aryl methyl sites for hydroxylation is 2. The summed E-state index contributed by atoms with van der Waals surface area (Å²) >= 11 is 3.61. The van der Waals surface area contributed by atoms with Crippen LogP contribution in [0.15, 0.2) is 4.47 Å². The van der Waals surface area contributed by atoms with E-state index in [1.807, 2.05) is 11.6 Å². The molecule has 0 aromatic carbocycles. The average molecular weight is 346 g/mol. The van der Waals surface area contributed by atoms with Crippen LogP contribution < -0.4 is 0 Å². The maximum absolute atomic E-state index is 10.6. The largest absolute Gasteiger partial charge is 0.481 e. The van der Waals surface area contributed by atoms with Crippen molar-refractivity contribution in [3.63, 3.8) is 0 Å². The van der Waals surface area contributed by atoms with Crippen LogP contribution in [0.4, 0.5) is 0 Å². The third-order valence-corrected chi connectivity index (χ3v) is 4.40. The van der Waals surface area contributed by atoms with Crippen molar-refractivity contribution in [3.05, 3.63) is 15.9 Å². The van der Waals surface area contributed by atoms with E-state index in [0.29, 0.717) is 12.5 Å². The van der Waals surface area contributed by atoms with Gasteiger partial charge < -0.3 is 5.11 Å². The molecule has 1 aromatic heterocycles. The van der Waals surface area contributed by atoms with E-state index in [-0.39, 0.29) is 6.42 Å². The van der Waals surface area contributed by atoms with Gasteiger partial charge in [-0.1, -0.05) is 0 Å². The number of halogens is 1. The Morgan fingerprint density at radius 1 is 1.50 bits per heavy atom. The molecule has 0 aliphatic heterocycles. The summed E-state index contributed by atoms with van der Waals surface area (Å²) in [5.74, 6) is -0.732. The normalized spacial score (nSPS) is 11.6. The Labute approximate surface area is 129 Å². The van der Waals surface area contributed by atoms with Gasteiger partial charge in [0.2, 0.25) is 0 Å². The van der Waals surface area contributed by atoms with Crippen molar-refractivity contribution in [3.8, 4) is 0 Å². The lowest BCUT2D eigenvalue weighted by molar-refractivity contribution is -0.137. The molecule has 0 bridgehead atoms. The molecule has 0 spiro atoms. The summed E-state index contributed by atoms with van der Waals surface area (Å²) in [5, 5.41) is 13.2. The first-order valence-corrected chi connectivity index (χ1v) is 7.83. The molecular weight excluding hydrogens is 322 g/mol. The van der Waals surface area contributed by atoms with Crippen LogP contribution in [0.1, 0.15) is 45.0 Å². The van der Waals surface area contributed by atoms with Gasteiger partial charge in [0.05, 0.1) is 15.9 Å². The van der Waals surface area contributed by atoms with Crippen LogP contribution in [-0.2, 0) is 17.9 Å². The first-order chi connectivity index (χ1) is 9.36. The van der Waals surface area contributed by atoms with Gasteiger partial charge in [-0.3, -0.25) is 14.4 Å². The summed E-state index contributed by atoms with van der Waals surface area (Å²) in [6.07, 6.45) is 0.890. The molecule has 0 aliphatic rings. The Bertz CT molecular complexity index is 458. The molecule has 0 unspecified atom stereocenters. The molecule has 0 aliphatic carbocycles. The Balaban J connectivity index is 2.77. The molecule has 0 saturated carbocycles. The van der Waals surface area contributed by atoms with E-state index in [1.54, 1.807) is 0 Å². The van der Waals surface area contributed by atoms with E-state index in [9.17, 15) is 4.79 Å². The van der Waals surface area contributed by atoms with E-state index in [0.717, 1.165) is 35.5 Å². The quantitative estimate of drug-likeness (QED) is 0.786. The maximum atomic E-state index is 10.6. The van der Waals surface area contributed by atoms with Crippen LogP contribution in [0.25, 0.3) is 0 Å². The van der Waals surface area contributed by atoms with E-state index in [4.69, 9.17) is 5.11 Å². The summed E-state index contributed by atoms with van der Waals surface area (Å²) in [6, 6.07) is 0.371. The van der Waals surface area contributed by atoms with Gasteiger partial charge in [-0.2, -0.15) is 5.10 Å². The molecule has 6 heteroatoms. The van der Waals surface area contributed by atoms with Crippen LogP contribution in [0.2, 0.25) is 0 Å². The molecular formula is C14H24BrN3O2. The first-order valence-electron chi connectivity index (χ1n) is 7.04. The van der Waals surface area contributed by atoms with Gasteiger partial charge in [-0.15, -0.1) is 0 Å². The molecule has 114 valence electrons. The molecule has 1 N–H and O–H groups in total. The minimum Gasteiger partial charge on any atom is -0.481 e. The van der Waals surface area contributed by atoms with E-state index >= 15 is 0 Å². The zero-order valence-corrected chi connectivity index (χ0v) is 14.3. The van der Waals surface area contributed by atoms with Crippen LogP contribution in [0.5, 0.6) is 0 Å². The minimum absolute atomic E-state index is 0.219. The number of hydrogen-bond acceptors (Lipinski definition) is 3. The summed E-state index contributed by atoms with van der Waals surface area (Å²) in [5.41, 5.74) is 2.16. The van der Waals surface area contributed by atoms with Gasteiger partial charge in [-0.25, -0.2) is 0 Å². The summed E-state index contributed by atoms with van der Waals surface area (Å²) in [4.78, 5) is 12.9. The molecule has 0 radical (unpaired) electrons. The number of nitrogens with zero attached hydrogens (tertiary/aromatic N) is 3. The number of carboxylic acids is 1. The Morgan fingerprint density at radius 2 is 2.15 bits per heavy atom. The highest BCUT2D eigenvalue weighted by atomic mass is 79.9. The highest BCUT2D eigenvalue weighted by Crippen LogP contribution is 2.23. The second kappa shape index (κ2) is 7.78. The van der Waals surface area contributed by atoms with Crippen LogP contribution >= 0.6 is 15.9 Å². The molecule has 0 saturated heterocycles. The first kappa shape index (κ1) is 17.2. The Hall–Kier alpha value is -0.880. The zero-order chi connectivity index (χ0) is 15.3. The van der Waals surface area contributed by atoms with Crippen LogP contribution in [0, 0.1) is 6.92 Å². The third kappa shape index (κ3) is 4.59. The van der Waals surface area contributed by atoms with Crippen molar-refractivity contribution in [2.75, 3.05) is 6.54 Å². The summed E-state index contributed by atoms with van der Waals surface area (Å²) < 4.78 is 3.06. The predicted octanol–water partition coefficient (Wildman–Crippen LogP) is 3.05. The lowest BCUT2D eigenvalue weighted by atomic mass is 10.2. The maximum Gasteiger partial charge on any atom is 0.303 e. The number of aromatic nitrogens is 2. The summed E-state index contributed by atoms with van der Waals surface area (Å²) in [6.45, 7) is 10.7. The lowest BCUT2D eigenvalue weighted by Gasteiger charge is -2.26. The average Bonchev–Trinajstić information content (AvgIpc) is 2.64. The van der Waals surface area contributed by atoms with Gasteiger partial charge >= 0.3 is 5.97 Å². The number of hydrogen-bond donors (Lipinski definition) is 1. The van der Waals surface area contributed by atoms with Gasteiger partial charge in [0.15, 0.2) is 0 Å². The van der Waals surface area contributed by atoms with Crippen molar-refractivity contribution >= 4 is 21.9 Å². The predicted molar refractivity (Wildman–Crippen MR) is 82.8 cm³/mol. The van der Waals surface area contributed by atoms with Gasteiger partial charge in [-0.05, 0) is 56.6 Å². The molecule has 1 aromatic rings. The highest BCUT2D eigenvalue weighted by Gasteiger charge is 2.17. The summed E-state index contributed by atoms with van der Waals surface area (Å²) in [7, 11) is 0. The van der Waals surface area contributed by atoms with E-state index in [2.05, 4.69) is 46.7 Å². The lowest BCUT2D eigenvalue weighted by Crippen LogP contribution is -2.32. The van der Waals surface area contributed by atoms with Gasteiger partial charge in [0.1, 0.15) is 0 Å². The fraction of sp³-hybridized carbons (Fsp3) is 0.714. The smallest absolute Gasteiger partial charge is 0.303 e. The molecule has 1 heterocycles. The molecule has 20 heavy (non-hydrogen) atoms. The second-order valence-electron chi connectivity index (χ2n) is 5.22. The molecule has 0 atom stereocenters. The highest BCUT2D eigenvalue weighted by molar-refractivity contribution is 9.10. The second-order valence-corrected chi connectivity index (χ2v) is 6.02. The topological polar surface area (TPSA) is 58.4 Å². The SMILES string of the molecule is CCn1nc(C)c(Br)c1CN(CCCC(=O)O)C(C)C. The van der Waals surface area contributed by atoms with Gasteiger partial charge in [0, 0.05) is 25.6 Å². The third-order valence-electron chi connectivity index (χ3n) is 3.37. The van der Waals surface area contributed by atoms with Crippen molar-refractivity contribution in [2.24, 2.45) is 0 Å². The number of rotatable bonds is 8. The molecule has 5 nitrogen and oxygen atoms in total. The van der Waals surface area contributed by atoms with E-state index < -0.39 is 5.97 Å². The molecule has 1 rings (SSSR count). The fourth-order valence-corrected chi connectivity index (χ4v) is 2.57. The van der Waals surface area contributed by atoms with Crippen molar-refractivity contribution in [1.82, 2.24) is 14.7 Å². The number of carbonyl (C=O) groups is 1. The molecule has 0 fully saturated rings. The van der Waals surface area contributed by atoms with E-state index in [1.165, 1.54) is 0 Å². The minimum atomic E-state index is -0.732. The Morgan fingerprint density at radius 3 is 2.65 bits per heavy atom. The number of carboxylic acid groups (broad SMARTS) is 1. The Kier molecular flexibility index (Phi) is 6.68. The number of aliphatic carboxylic acids is 1. The molecule has 0 amide bonds. The fourth-order valence-electron chi connectivity index (χ4n) is 2.17. The van der Waals surface area contributed by atoms with Crippen molar-refractivity contribution in [1.29, 1.82) is 0 Å². The van der Waals surface area contributed by atoms with Crippen molar-refractivity contribution < 1.29 is 9.90 Å². The monoisotopic (exact) mass is 345 g/mol. The zero-order valence-electron chi connectivity index (χ0n) is 12.7. The van der Waals surface area contributed by atoms with Crippen molar-refractivity contribution in [2.45, 2.75) is 59.7 Å². The van der Waals surface area contributed by atoms with Crippen LogP contribution in [-0.4, -0.2) is 38.3 Å². The van der Waals surface area contributed by atoms with Crippen LogP contribution in [0.3, 0.4) is 0 Å². The standard InChI is InChI=1S/C14H24BrN3O2/c1-5-18-12(14(15)11(4)16-18)9-17(10(2)3)8-6-7-13(19)20/h10H,5-9H2,1-4H3,(H,19,20).